The molecule has 0 radical (unpaired) electrons. The number of carboxylic acid groups (broad SMARTS) is 1. The van der Waals surface area contributed by atoms with E-state index >= 15 is 0 Å². The molecule has 0 aliphatic heterocycles. The highest BCUT2D eigenvalue weighted by Gasteiger charge is 2.26. The molecule has 1 aromatic heterocycles. The number of carboxylic acids is 1. The highest BCUT2D eigenvalue weighted by atomic mass is 32.1. The van der Waals surface area contributed by atoms with Crippen LogP contribution in [0.25, 0.3) is 0 Å². The second kappa shape index (κ2) is 6.60. The van der Waals surface area contributed by atoms with Gasteiger partial charge in [0.2, 0.25) is 0 Å². The van der Waals surface area contributed by atoms with Crippen LogP contribution in [0.15, 0.2) is 6.07 Å². The lowest BCUT2D eigenvalue weighted by Gasteiger charge is -2.19. The van der Waals surface area contributed by atoms with E-state index in [0.717, 1.165) is 12.8 Å². The van der Waals surface area contributed by atoms with Crippen molar-refractivity contribution in [2.75, 3.05) is 0 Å². The first-order chi connectivity index (χ1) is 9.92. The Hall–Kier alpha value is -1.36. The van der Waals surface area contributed by atoms with E-state index in [4.69, 9.17) is 5.11 Å². The van der Waals surface area contributed by atoms with Gasteiger partial charge in [-0.05, 0) is 42.7 Å². The Labute approximate surface area is 129 Å². The van der Waals surface area contributed by atoms with Crippen LogP contribution in [0, 0.1) is 11.8 Å². The van der Waals surface area contributed by atoms with Crippen molar-refractivity contribution >= 4 is 23.2 Å². The molecule has 0 spiro atoms. The number of hydrogen-bond donors (Lipinski definition) is 2. The fraction of sp³-hybridized carbons (Fsp3) is 0.625. The lowest BCUT2D eigenvalue weighted by atomic mass is 9.87. The largest absolute Gasteiger partial charge is 0.480 e. The van der Waals surface area contributed by atoms with E-state index in [2.05, 4.69) is 12.2 Å². The minimum atomic E-state index is -0.981. The van der Waals surface area contributed by atoms with Gasteiger partial charge in [-0.25, -0.2) is 4.79 Å². The van der Waals surface area contributed by atoms with Crippen LogP contribution in [-0.4, -0.2) is 23.0 Å². The van der Waals surface area contributed by atoms with E-state index in [9.17, 15) is 9.59 Å². The van der Waals surface area contributed by atoms with Crippen molar-refractivity contribution < 1.29 is 14.7 Å². The molecule has 1 amide bonds. The quantitative estimate of drug-likeness (QED) is 0.878. The minimum absolute atomic E-state index is 0.134. The van der Waals surface area contributed by atoms with Gasteiger partial charge >= 0.3 is 5.97 Å². The number of carbonyl (C=O) groups is 2. The molecule has 1 unspecified atom stereocenters. The number of aryl methyl sites for hydroxylation is 1. The number of fused-ring (bicyclic) bond motifs is 1. The zero-order chi connectivity index (χ0) is 15.6. The van der Waals surface area contributed by atoms with Crippen LogP contribution in [0.3, 0.4) is 0 Å². The normalized spacial score (nSPS) is 19.1. The van der Waals surface area contributed by atoms with Gasteiger partial charge in [0.1, 0.15) is 6.04 Å². The number of amides is 1. The number of carbonyl (C=O) groups excluding carboxylic acids is 1. The summed E-state index contributed by atoms with van der Waals surface area (Å²) in [5.41, 5.74) is 1.28. The predicted octanol–water partition coefficient (Wildman–Crippen LogP) is 3.10. The smallest absolute Gasteiger partial charge is 0.326 e. The third-order valence-corrected chi connectivity index (χ3v) is 5.44. The molecule has 2 N–H and O–H groups in total. The van der Waals surface area contributed by atoms with E-state index in [1.54, 1.807) is 13.8 Å². The van der Waals surface area contributed by atoms with Gasteiger partial charge < -0.3 is 10.4 Å². The molecule has 1 heterocycles. The molecule has 4 nitrogen and oxygen atoms in total. The van der Waals surface area contributed by atoms with Gasteiger partial charge in [0, 0.05) is 4.88 Å². The molecule has 0 saturated carbocycles. The summed E-state index contributed by atoms with van der Waals surface area (Å²) in [4.78, 5) is 25.4. The van der Waals surface area contributed by atoms with Crippen LogP contribution >= 0.6 is 11.3 Å². The van der Waals surface area contributed by atoms with E-state index in [0.29, 0.717) is 10.8 Å². The first kappa shape index (κ1) is 16.0. The summed E-state index contributed by atoms with van der Waals surface area (Å²) in [6.07, 6.45) is 4.44. The summed E-state index contributed by atoms with van der Waals surface area (Å²) in [5, 5.41) is 11.8. The van der Waals surface area contributed by atoms with Crippen molar-refractivity contribution in [3.8, 4) is 0 Å². The fourth-order valence-corrected chi connectivity index (χ4v) is 3.90. The minimum Gasteiger partial charge on any atom is -0.480 e. The van der Waals surface area contributed by atoms with Gasteiger partial charge in [0.05, 0.1) is 4.88 Å². The van der Waals surface area contributed by atoms with Crippen LogP contribution in [0.1, 0.15) is 53.7 Å². The molecule has 1 aromatic rings. The summed E-state index contributed by atoms with van der Waals surface area (Å²) in [5.74, 6) is -0.662. The second-order valence-corrected chi connectivity index (χ2v) is 7.25. The first-order valence-corrected chi connectivity index (χ1v) is 8.39. The number of thiophene rings is 1. The standard InChI is InChI=1S/C16H23NO3S/c1-4-10-5-6-12-11(7-10)8-13(21-12)15(18)17-14(9(2)3)16(19)20/h8-10,14H,4-7H2,1-3H3,(H,17,18)(H,19,20)/t10?,14-/m0/s1. The van der Waals surface area contributed by atoms with Crippen LogP contribution in [0.2, 0.25) is 0 Å². The average molecular weight is 309 g/mol. The van der Waals surface area contributed by atoms with Gasteiger partial charge in [-0.3, -0.25) is 4.79 Å². The van der Waals surface area contributed by atoms with Gasteiger partial charge in [-0.2, -0.15) is 0 Å². The van der Waals surface area contributed by atoms with E-state index in [1.165, 1.54) is 34.6 Å². The van der Waals surface area contributed by atoms with Crippen molar-refractivity contribution in [3.63, 3.8) is 0 Å². The van der Waals surface area contributed by atoms with E-state index in [1.807, 2.05) is 6.07 Å². The third-order valence-electron chi connectivity index (χ3n) is 4.21. The third kappa shape index (κ3) is 3.64. The van der Waals surface area contributed by atoms with Gasteiger partial charge in [0.15, 0.2) is 0 Å². The van der Waals surface area contributed by atoms with Crippen LogP contribution in [0.5, 0.6) is 0 Å². The molecule has 0 fully saturated rings. The van der Waals surface area contributed by atoms with Crippen molar-refractivity contribution in [1.29, 1.82) is 0 Å². The maximum atomic E-state index is 12.3. The molecular weight excluding hydrogens is 286 g/mol. The first-order valence-electron chi connectivity index (χ1n) is 7.57. The van der Waals surface area contributed by atoms with Crippen molar-refractivity contribution in [2.24, 2.45) is 11.8 Å². The Morgan fingerprint density at radius 1 is 1.48 bits per heavy atom. The summed E-state index contributed by atoms with van der Waals surface area (Å²) < 4.78 is 0. The Morgan fingerprint density at radius 3 is 2.76 bits per heavy atom. The highest BCUT2D eigenvalue weighted by Crippen LogP contribution is 2.33. The maximum absolute atomic E-state index is 12.3. The van der Waals surface area contributed by atoms with Gasteiger partial charge in [0.25, 0.3) is 5.91 Å². The zero-order valence-corrected chi connectivity index (χ0v) is 13.6. The Balaban J connectivity index is 2.10. The molecular formula is C16H23NO3S. The monoisotopic (exact) mass is 309 g/mol. The summed E-state index contributed by atoms with van der Waals surface area (Å²) in [6, 6.07) is 1.12. The zero-order valence-electron chi connectivity index (χ0n) is 12.8. The molecule has 0 aromatic carbocycles. The molecule has 2 rings (SSSR count). The van der Waals surface area contributed by atoms with E-state index < -0.39 is 12.0 Å². The number of nitrogens with one attached hydrogen (secondary N) is 1. The average Bonchev–Trinajstić information content (AvgIpc) is 2.86. The number of aliphatic carboxylic acids is 1. The molecule has 0 saturated heterocycles. The molecule has 5 heteroatoms. The van der Waals surface area contributed by atoms with Crippen molar-refractivity contribution in [1.82, 2.24) is 5.32 Å². The lowest BCUT2D eigenvalue weighted by Crippen LogP contribution is -2.44. The van der Waals surface area contributed by atoms with Gasteiger partial charge in [-0.1, -0.05) is 27.2 Å². The summed E-state index contributed by atoms with van der Waals surface area (Å²) in [6.45, 7) is 5.80. The van der Waals surface area contributed by atoms with Gasteiger partial charge in [-0.15, -0.1) is 11.3 Å². The lowest BCUT2D eigenvalue weighted by molar-refractivity contribution is -0.140. The van der Waals surface area contributed by atoms with Crippen LogP contribution < -0.4 is 5.32 Å². The Morgan fingerprint density at radius 2 is 2.19 bits per heavy atom. The van der Waals surface area contributed by atoms with Crippen LogP contribution in [0.4, 0.5) is 0 Å². The van der Waals surface area contributed by atoms with E-state index in [-0.39, 0.29) is 11.8 Å². The Bertz CT molecular complexity index is 536. The molecule has 1 aliphatic carbocycles. The molecule has 2 atom stereocenters. The number of rotatable bonds is 5. The number of hydrogen-bond acceptors (Lipinski definition) is 3. The summed E-state index contributed by atoms with van der Waals surface area (Å²) in [7, 11) is 0. The maximum Gasteiger partial charge on any atom is 0.326 e. The summed E-state index contributed by atoms with van der Waals surface area (Å²) >= 11 is 1.52. The molecule has 0 bridgehead atoms. The molecule has 1 aliphatic rings. The van der Waals surface area contributed by atoms with Crippen molar-refractivity contribution in [3.05, 3.63) is 21.4 Å². The second-order valence-electron chi connectivity index (χ2n) is 6.11. The predicted molar refractivity (Wildman–Crippen MR) is 83.9 cm³/mol. The SMILES string of the molecule is CCC1CCc2sc(C(=O)N[C@H](C(=O)O)C(C)C)cc2C1. The highest BCUT2D eigenvalue weighted by molar-refractivity contribution is 7.14. The fourth-order valence-electron chi connectivity index (χ4n) is 2.79. The van der Waals surface area contributed by atoms with Crippen LogP contribution in [-0.2, 0) is 17.6 Å². The molecule has 21 heavy (non-hydrogen) atoms. The Kier molecular flexibility index (Phi) is 5.04. The molecule has 116 valence electrons. The van der Waals surface area contributed by atoms with Crippen molar-refractivity contribution in [2.45, 2.75) is 52.5 Å². The topological polar surface area (TPSA) is 66.4 Å².